The van der Waals surface area contributed by atoms with Crippen LogP contribution in [0.25, 0.3) is 10.4 Å². The highest BCUT2D eigenvalue weighted by Crippen LogP contribution is 2.12. The zero-order valence-corrected chi connectivity index (χ0v) is 26.0. The fraction of sp³-hybridized carbons (Fsp3) is 0.517. The number of carbonyl (C=O) groups is 3. The van der Waals surface area contributed by atoms with E-state index >= 15 is 0 Å². The number of aromatic nitrogens is 2. The van der Waals surface area contributed by atoms with Gasteiger partial charge in [-0.25, -0.2) is 13.4 Å². The van der Waals surface area contributed by atoms with Crippen LogP contribution in [0.5, 0.6) is 0 Å². The summed E-state index contributed by atoms with van der Waals surface area (Å²) in [7, 11) is -3.46. The molecule has 4 atom stereocenters. The molecule has 14 heteroatoms. The van der Waals surface area contributed by atoms with Crippen molar-refractivity contribution in [3.8, 4) is 0 Å². The zero-order valence-electron chi connectivity index (χ0n) is 25.2. The summed E-state index contributed by atoms with van der Waals surface area (Å²) < 4.78 is 23.5. The number of hydrogen-bond donors (Lipinski definition) is 4. The van der Waals surface area contributed by atoms with Crippen LogP contribution in [0, 0.1) is 11.8 Å². The summed E-state index contributed by atoms with van der Waals surface area (Å²) in [5.74, 6) is -1.63. The third-order valence-electron chi connectivity index (χ3n) is 6.33. The van der Waals surface area contributed by atoms with Crippen molar-refractivity contribution in [3.05, 3.63) is 76.0 Å². The number of nitrogens with zero attached hydrogens (tertiary/aromatic N) is 4. The van der Waals surface area contributed by atoms with E-state index in [9.17, 15) is 22.8 Å². The molecule has 43 heavy (non-hydrogen) atoms. The maximum Gasteiger partial charge on any atom is 0.243 e. The number of amides is 3. The van der Waals surface area contributed by atoms with E-state index in [0.29, 0.717) is 12.1 Å². The molecule has 1 aromatic heterocycles. The number of hydrogen-bond acceptors (Lipinski definition) is 7. The van der Waals surface area contributed by atoms with E-state index < -0.39 is 51.7 Å². The second-order valence-corrected chi connectivity index (χ2v) is 13.3. The lowest BCUT2D eigenvalue weighted by molar-refractivity contribution is -0.133. The molecule has 0 fully saturated rings. The van der Waals surface area contributed by atoms with Gasteiger partial charge in [0.2, 0.25) is 17.7 Å². The molecule has 4 N–H and O–H groups in total. The number of H-pyrrole nitrogens is 1. The highest BCUT2D eigenvalue weighted by atomic mass is 32.2. The predicted molar refractivity (Wildman–Crippen MR) is 164 cm³/mol. The Labute approximate surface area is 252 Å². The summed E-state index contributed by atoms with van der Waals surface area (Å²) in [5, 5.41) is 13.0. The summed E-state index contributed by atoms with van der Waals surface area (Å²) in [6.45, 7) is 7.60. The molecule has 1 heterocycles. The fourth-order valence-corrected chi connectivity index (χ4v) is 4.83. The van der Waals surface area contributed by atoms with Gasteiger partial charge in [0.25, 0.3) is 0 Å². The van der Waals surface area contributed by atoms with Gasteiger partial charge in [-0.2, -0.15) is 0 Å². The van der Waals surface area contributed by atoms with Crippen LogP contribution in [-0.4, -0.2) is 66.5 Å². The summed E-state index contributed by atoms with van der Waals surface area (Å²) in [4.78, 5) is 49.9. The monoisotopic (exact) mass is 614 g/mol. The molecule has 0 bridgehead atoms. The smallest absolute Gasteiger partial charge is 0.243 e. The third-order valence-corrected chi connectivity index (χ3v) is 6.98. The van der Waals surface area contributed by atoms with Gasteiger partial charge in [-0.1, -0.05) is 69.2 Å². The molecular weight excluding hydrogens is 572 g/mol. The number of aromatic amines is 1. The minimum absolute atomic E-state index is 0.0142. The van der Waals surface area contributed by atoms with Gasteiger partial charge >= 0.3 is 0 Å². The van der Waals surface area contributed by atoms with Crippen molar-refractivity contribution < 1.29 is 22.8 Å². The topological polar surface area (TPSA) is 199 Å². The molecule has 0 aliphatic heterocycles. The van der Waals surface area contributed by atoms with Gasteiger partial charge in [-0.05, 0) is 42.2 Å². The van der Waals surface area contributed by atoms with Gasteiger partial charge in [-0.3, -0.25) is 14.4 Å². The van der Waals surface area contributed by atoms with Crippen molar-refractivity contribution in [2.45, 2.75) is 77.5 Å². The van der Waals surface area contributed by atoms with Crippen LogP contribution in [-0.2, 0) is 37.1 Å². The highest BCUT2D eigenvalue weighted by Gasteiger charge is 2.30. The van der Waals surface area contributed by atoms with Crippen molar-refractivity contribution in [3.63, 3.8) is 0 Å². The number of carbonyl (C=O) groups excluding carboxylic acids is 3. The first-order chi connectivity index (χ1) is 20.3. The lowest BCUT2D eigenvalue weighted by Gasteiger charge is -2.27. The maximum atomic E-state index is 13.5. The highest BCUT2D eigenvalue weighted by molar-refractivity contribution is 7.93. The summed E-state index contributed by atoms with van der Waals surface area (Å²) in [6.07, 6.45) is 6.46. The van der Waals surface area contributed by atoms with Gasteiger partial charge < -0.3 is 20.9 Å². The molecule has 13 nitrogen and oxygen atoms in total. The van der Waals surface area contributed by atoms with E-state index in [1.807, 2.05) is 58.0 Å². The van der Waals surface area contributed by atoms with Gasteiger partial charge in [0.05, 0.1) is 12.4 Å². The van der Waals surface area contributed by atoms with Crippen molar-refractivity contribution >= 4 is 27.6 Å². The molecule has 234 valence electrons. The second kappa shape index (κ2) is 17.1. The Morgan fingerprint density at radius 2 is 1.53 bits per heavy atom. The minimum atomic E-state index is -3.46. The molecule has 0 saturated heterocycles. The Bertz CT molecular complexity index is 1370. The Kier molecular flexibility index (Phi) is 13.9. The van der Waals surface area contributed by atoms with E-state index in [0.717, 1.165) is 17.2 Å². The molecule has 2 rings (SSSR count). The van der Waals surface area contributed by atoms with Crippen molar-refractivity contribution in [2.24, 2.45) is 17.0 Å². The minimum Gasteiger partial charge on any atom is -0.348 e. The van der Waals surface area contributed by atoms with Crippen molar-refractivity contribution in [1.29, 1.82) is 0 Å². The number of azide groups is 1. The first-order valence-electron chi connectivity index (χ1n) is 14.1. The maximum absolute atomic E-state index is 13.5. The SMILES string of the molecule is CC(C)C[C@H](NC(=O)[C@H](Cc1ccccc1)N=[N+]=[N-])C(=O)N[C@@H](CC(C)C)C(=O)N[C@H](/C=C/S(C)(=O)=O)Cc1cnc[nH]1. The lowest BCUT2D eigenvalue weighted by atomic mass is 9.99. The van der Waals surface area contributed by atoms with Crippen LogP contribution in [0.3, 0.4) is 0 Å². The third kappa shape index (κ3) is 13.6. The lowest BCUT2D eigenvalue weighted by Crippen LogP contribution is -2.56. The van der Waals surface area contributed by atoms with E-state index in [1.165, 1.54) is 12.4 Å². The van der Waals surface area contributed by atoms with Gasteiger partial charge in [0.15, 0.2) is 9.84 Å². The van der Waals surface area contributed by atoms with Gasteiger partial charge in [0.1, 0.15) is 18.1 Å². The van der Waals surface area contributed by atoms with E-state index in [-0.39, 0.29) is 31.1 Å². The van der Waals surface area contributed by atoms with E-state index in [2.05, 4.69) is 35.9 Å². The first kappa shape index (κ1) is 35.0. The molecule has 1 aromatic carbocycles. The van der Waals surface area contributed by atoms with E-state index in [1.54, 1.807) is 6.20 Å². The van der Waals surface area contributed by atoms with Crippen LogP contribution in [0.4, 0.5) is 0 Å². The molecule has 0 spiro atoms. The van der Waals surface area contributed by atoms with Crippen LogP contribution in [0.1, 0.15) is 51.8 Å². The molecule has 2 aromatic rings. The van der Waals surface area contributed by atoms with Crippen LogP contribution in [0.2, 0.25) is 0 Å². The number of rotatable bonds is 17. The second-order valence-electron chi connectivity index (χ2n) is 11.3. The van der Waals surface area contributed by atoms with Gasteiger partial charge in [0, 0.05) is 34.9 Å². The molecule has 0 unspecified atom stereocenters. The van der Waals surface area contributed by atoms with E-state index in [4.69, 9.17) is 5.53 Å². The van der Waals surface area contributed by atoms with Crippen molar-refractivity contribution in [1.82, 2.24) is 25.9 Å². The average Bonchev–Trinajstić information content (AvgIpc) is 3.43. The zero-order chi connectivity index (χ0) is 32.0. The number of benzene rings is 1. The predicted octanol–water partition coefficient (Wildman–Crippen LogP) is 2.98. The molecule has 3 amide bonds. The number of imidazole rings is 1. The fourth-order valence-electron chi connectivity index (χ4n) is 4.35. The largest absolute Gasteiger partial charge is 0.348 e. The molecular formula is C29H42N8O5S. The Morgan fingerprint density at radius 1 is 0.953 bits per heavy atom. The van der Waals surface area contributed by atoms with Gasteiger partial charge in [-0.15, -0.1) is 0 Å². The normalized spacial score (nSPS) is 14.5. The summed E-state index contributed by atoms with van der Waals surface area (Å²) >= 11 is 0. The summed E-state index contributed by atoms with van der Waals surface area (Å²) in [5.41, 5.74) is 10.5. The molecule has 0 aliphatic carbocycles. The standard InChI is InChI=1S/C29H42N8O5S/c1-19(2)13-24(27(38)33-22(11-12-43(5,41)42)16-23-17-31-18-32-23)34-28(39)25(14-20(3)4)35-29(40)26(36-37-30)15-21-9-7-6-8-10-21/h6-12,17-20,22,24-26H,13-16H2,1-5H3,(H,31,32)(H,33,38)(H,34,39)(H,35,40)/b12-11+/t22-,24+,25+,26+/m1/s1. The molecule has 0 aliphatic rings. The number of sulfone groups is 1. The Balaban J connectivity index is 2.23. The summed E-state index contributed by atoms with van der Waals surface area (Å²) in [6, 6.07) is 5.34. The van der Waals surface area contributed by atoms with Crippen molar-refractivity contribution in [2.75, 3.05) is 6.26 Å². The Morgan fingerprint density at radius 3 is 2.05 bits per heavy atom. The van der Waals surface area contributed by atoms with Crippen LogP contribution < -0.4 is 16.0 Å². The first-order valence-corrected chi connectivity index (χ1v) is 16.1. The van der Waals surface area contributed by atoms with Crippen LogP contribution >= 0.6 is 0 Å². The average molecular weight is 615 g/mol. The molecule has 0 saturated carbocycles. The molecule has 0 radical (unpaired) electrons. The van der Waals surface area contributed by atoms with Crippen LogP contribution in [0.15, 0.2) is 59.5 Å². The quantitative estimate of drug-likeness (QED) is 0.120. The Hall–Kier alpha value is -4.16. The number of nitrogens with one attached hydrogen (secondary N) is 4.